The summed E-state index contributed by atoms with van der Waals surface area (Å²) < 4.78 is 34.7. The lowest BCUT2D eigenvalue weighted by Gasteiger charge is -2.47. The number of aliphatic hydroxyl groups excluding tert-OH is 7. The summed E-state index contributed by atoms with van der Waals surface area (Å²) in [4.78, 5) is 11.8. The highest BCUT2D eigenvalue weighted by molar-refractivity contribution is 5.76. The Labute approximate surface area is 283 Å². The molecule has 0 bridgehead atoms. The van der Waals surface area contributed by atoms with E-state index in [1.165, 1.54) is 0 Å². The van der Waals surface area contributed by atoms with E-state index in [4.69, 9.17) is 63.5 Å². The Morgan fingerprint density at radius 3 is 2.12 bits per heavy atom. The first-order chi connectivity index (χ1) is 23.2. The highest BCUT2D eigenvalue weighted by Crippen LogP contribution is 2.36. The molecule has 3 heterocycles. The molecule has 1 amide bonds. The molecule has 19 atom stereocenters. The van der Waals surface area contributed by atoms with Crippen molar-refractivity contribution in [3.05, 3.63) is 0 Å². The van der Waals surface area contributed by atoms with Crippen LogP contribution in [0.2, 0.25) is 0 Å². The molecule has 3 aliphatic heterocycles. The second-order valence-electron chi connectivity index (χ2n) is 12.9. The Hall–Kier alpha value is -1.69. The lowest BCUT2D eigenvalue weighted by atomic mass is 9.84. The van der Waals surface area contributed by atoms with Gasteiger partial charge in [0.2, 0.25) is 5.91 Å². The van der Waals surface area contributed by atoms with Gasteiger partial charge in [-0.3, -0.25) is 4.79 Å². The lowest BCUT2D eigenvalue weighted by Crippen LogP contribution is -2.68. The monoisotopic (exact) mass is 708 g/mol. The highest BCUT2D eigenvalue weighted by Gasteiger charge is 2.55. The van der Waals surface area contributed by atoms with Crippen LogP contribution >= 0.6 is 0 Å². The van der Waals surface area contributed by atoms with Crippen LogP contribution < -0.4 is 34.0 Å². The normalized spacial score (nSPS) is 46.3. The second-order valence-corrected chi connectivity index (χ2v) is 12.9. The standard InChI is InChI=1S/C29H52N6O14/c1-2-3-4-15(38)35-6-5-12(37)16-17(33)27(49-26(16)43)47-24-14(9-36)45-29(22(24)42)48-25-19(39)10(31)7-11(32)23(25)46-28-18(34)21(41)20(40)13(8-30)44-28/h1,10-14,16-29,36-37,39-43H,3-9,30-34H2,(H,35,38)/t10-,11?,12-,13?,14-,16?,17?,18?,19?,20-,21?,22?,23-,24?,25?,26?,27+,28-,29+/m1/s1. The number of terminal acetylenes is 1. The van der Waals surface area contributed by atoms with Gasteiger partial charge in [-0.1, -0.05) is 0 Å². The molecule has 20 nitrogen and oxygen atoms in total. The molecular weight excluding hydrogens is 656 g/mol. The Kier molecular flexibility index (Phi) is 14.5. The van der Waals surface area contributed by atoms with Crippen LogP contribution in [-0.4, -0.2) is 172 Å². The van der Waals surface area contributed by atoms with Crippen LogP contribution in [0.25, 0.3) is 0 Å². The summed E-state index contributed by atoms with van der Waals surface area (Å²) in [6.07, 6.45) is -13.5. The van der Waals surface area contributed by atoms with Gasteiger partial charge in [-0.2, -0.15) is 0 Å². The van der Waals surface area contributed by atoms with Crippen molar-refractivity contribution in [2.75, 3.05) is 19.7 Å². The van der Waals surface area contributed by atoms with E-state index in [1.54, 1.807) is 0 Å². The van der Waals surface area contributed by atoms with E-state index in [0.29, 0.717) is 0 Å². The van der Waals surface area contributed by atoms with Crippen molar-refractivity contribution in [2.45, 2.75) is 136 Å². The van der Waals surface area contributed by atoms with E-state index in [1.807, 2.05) is 0 Å². The number of nitrogens with two attached hydrogens (primary N) is 5. The van der Waals surface area contributed by atoms with Gasteiger partial charge in [-0.15, -0.1) is 12.3 Å². The number of amides is 1. The molecule has 11 unspecified atom stereocenters. The summed E-state index contributed by atoms with van der Waals surface area (Å²) in [7, 11) is 0. The SMILES string of the molecule is C#CCCC(=O)NCC[C@@H](O)C1C(O)O[C@H](OC2C(O)[C@H](OC3C(O)[C@H](N)CC(N)[C@H]3O[C@H]3OC(CN)[C@@H](O)C(O)C3N)O[C@@H]2CO)C1N. The van der Waals surface area contributed by atoms with Crippen molar-refractivity contribution >= 4 is 5.91 Å². The zero-order valence-corrected chi connectivity index (χ0v) is 26.9. The van der Waals surface area contributed by atoms with Crippen molar-refractivity contribution in [1.29, 1.82) is 0 Å². The molecule has 18 N–H and O–H groups in total. The van der Waals surface area contributed by atoms with E-state index in [2.05, 4.69) is 11.2 Å². The molecule has 49 heavy (non-hydrogen) atoms. The second kappa shape index (κ2) is 17.7. The van der Waals surface area contributed by atoms with E-state index >= 15 is 0 Å². The van der Waals surface area contributed by atoms with E-state index < -0.39 is 123 Å². The number of aliphatic hydroxyl groups is 7. The average Bonchev–Trinajstić information content (AvgIpc) is 3.52. The lowest BCUT2D eigenvalue weighted by molar-refractivity contribution is -0.306. The number of carbonyl (C=O) groups is 1. The van der Waals surface area contributed by atoms with Crippen LogP contribution in [0.4, 0.5) is 0 Å². The van der Waals surface area contributed by atoms with Crippen LogP contribution in [0, 0.1) is 18.3 Å². The van der Waals surface area contributed by atoms with E-state index in [9.17, 15) is 40.5 Å². The summed E-state index contributed by atoms with van der Waals surface area (Å²) in [5.74, 6) is 1.01. The molecule has 4 fully saturated rings. The smallest absolute Gasteiger partial charge is 0.220 e. The Balaban J connectivity index is 1.41. The molecule has 1 aliphatic carbocycles. The maximum absolute atomic E-state index is 11.8. The molecule has 282 valence electrons. The predicted molar refractivity (Wildman–Crippen MR) is 165 cm³/mol. The van der Waals surface area contributed by atoms with Gasteiger partial charge in [-0.25, -0.2) is 0 Å². The van der Waals surface area contributed by atoms with Gasteiger partial charge in [0.1, 0.15) is 48.8 Å². The fourth-order valence-corrected chi connectivity index (χ4v) is 6.56. The minimum atomic E-state index is -1.64. The van der Waals surface area contributed by atoms with Crippen LogP contribution in [-0.2, 0) is 33.2 Å². The van der Waals surface area contributed by atoms with Crippen LogP contribution in [0.1, 0.15) is 25.7 Å². The Bertz CT molecular complexity index is 1110. The Morgan fingerprint density at radius 2 is 1.47 bits per heavy atom. The minimum Gasteiger partial charge on any atom is -0.394 e. The number of rotatable bonds is 14. The number of carbonyl (C=O) groups excluding carboxylic acids is 1. The van der Waals surface area contributed by atoms with Crippen LogP contribution in [0.5, 0.6) is 0 Å². The molecular formula is C29H52N6O14. The average molecular weight is 709 g/mol. The van der Waals surface area contributed by atoms with Gasteiger partial charge in [0.15, 0.2) is 25.2 Å². The van der Waals surface area contributed by atoms with Gasteiger partial charge in [0.25, 0.3) is 0 Å². The maximum Gasteiger partial charge on any atom is 0.220 e. The first-order valence-corrected chi connectivity index (χ1v) is 16.3. The maximum atomic E-state index is 11.8. The third-order valence-electron chi connectivity index (χ3n) is 9.46. The highest BCUT2D eigenvalue weighted by atomic mass is 16.8. The van der Waals surface area contributed by atoms with Gasteiger partial charge in [0, 0.05) is 38.0 Å². The molecule has 0 radical (unpaired) electrons. The van der Waals surface area contributed by atoms with Gasteiger partial charge < -0.3 is 98.2 Å². The molecule has 20 heteroatoms. The molecule has 0 aromatic carbocycles. The predicted octanol–water partition coefficient (Wildman–Crippen LogP) is -7.73. The minimum absolute atomic E-state index is 0.0259. The van der Waals surface area contributed by atoms with Gasteiger partial charge >= 0.3 is 0 Å². The number of hydrogen-bond donors (Lipinski definition) is 13. The first kappa shape index (κ1) is 40.1. The summed E-state index contributed by atoms with van der Waals surface area (Å²) in [6.45, 7) is -0.764. The quantitative estimate of drug-likeness (QED) is 0.0745. The van der Waals surface area contributed by atoms with Crippen molar-refractivity contribution in [3.8, 4) is 12.3 Å². The van der Waals surface area contributed by atoms with Crippen molar-refractivity contribution in [1.82, 2.24) is 5.32 Å². The third-order valence-corrected chi connectivity index (χ3v) is 9.46. The topological polar surface area (TPSA) is 356 Å². The zero-order chi connectivity index (χ0) is 36.2. The number of ether oxygens (including phenoxy) is 6. The Morgan fingerprint density at radius 1 is 0.837 bits per heavy atom. The molecule has 0 spiro atoms. The summed E-state index contributed by atoms with van der Waals surface area (Å²) >= 11 is 0. The molecule has 3 saturated heterocycles. The molecule has 0 aromatic heterocycles. The summed E-state index contributed by atoms with van der Waals surface area (Å²) in [6, 6.07) is -4.12. The molecule has 0 aromatic rings. The summed E-state index contributed by atoms with van der Waals surface area (Å²) in [5, 5.41) is 76.9. The van der Waals surface area contributed by atoms with Crippen LogP contribution in [0.15, 0.2) is 0 Å². The van der Waals surface area contributed by atoms with Gasteiger partial charge in [-0.05, 0) is 12.8 Å². The number of nitrogens with one attached hydrogen (secondary N) is 1. The van der Waals surface area contributed by atoms with E-state index in [0.717, 1.165) is 0 Å². The molecule has 4 aliphatic rings. The van der Waals surface area contributed by atoms with Crippen LogP contribution in [0.3, 0.4) is 0 Å². The zero-order valence-electron chi connectivity index (χ0n) is 26.9. The fraction of sp³-hybridized carbons (Fsp3) is 0.897. The van der Waals surface area contributed by atoms with Crippen molar-refractivity contribution < 1.29 is 69.0 Å². The fourth-order valence-electron chi connectivity index (χ4n) is 6.56. The summed E-state index contributed by atoms with van der Waals surface area (Å²) in [5.41, 5.74) is 30.5. The van der Waals surface area contributed by atoms with Crippen molar-refractivity contribution in [2.24, 2.45) is 34.6 Å². The molecule has 1 saturated carbocycles. The van der Waals surface area contributed by atoms with Gasteiger partial charge in [0.05, 0.1) is 36.8 Å². The molecule has 4 rings (SSSR count). The van der Waals surface area contributed by atoms with Crippen molar-refractivity contribution in [3.63, 3.8) is 0 Å². The largest absolute Gasteiger partial charge is 0.394 e. The van der Waals surface area contributed by atoms with E-state index in [-0.39, 0.29) is 44.7 Å². The third kappa shape index (κ3) is 9.04. The first-order valence-electron chi connectivity index (χ1n) is 16.3. The number of hydrogen-bond acceptors (Lipinski definition) is 19.